The van der Waals surface area contributed by atoms with Crippen molar-refractivity contribution in [1.82, 2.24) is 4.98 Å². The van der Waals surface area contributed by atoms with Crippen LogP contribution in [-0.2, 0) is 11.0 Å². The first-order chi connectivity index (χ1) is 7.71. The number of nitrogens with zero attached hydrogens (tertiary/aromatic N) is 1. The normalized spacial score (nSPS) is 13.5. The molecule has 0 spiro atoms. The van der Waals surface area contributed by atoms with Crippen LogP contribution >= 0.6 is 27.7 Å². The number of aromatic nitrogens is 1. The lowest BCUT2D eigenvalue weighted by molar-refractivity contribution is -0.140. The van der Waals surface area contributed by atoms with Gasteiger partial charge in [0.1, 0.15) is 10.3 Å². The highest BCUT2D eigenvalue weighted by atomic mass is 79.9. The number of aliphatic carboxylic acids is 1. The molecule has 1 unspecified atom stereocenters. The largest absolute Gasteiger partial charge is 0.480 e. The number of rotatable bonds is 3. The molecular weight excluding hydrogens is 323 g/mol. The van der Waals surface area contributed by atoms with Gasteiger partial charge in [0.25, 0.3) is 0 Å². The molecule has 0 bridgehead atoms. The Morgan fingerprint density at radius 1 is 1.59 bits per heavy atom. The molecule has 0 aliphatic carbocycles. The summed E-state index contributed by atoms with van der Waals surface area (Å²) >= 11 is 3.46. The number of alkyl halides is 3. The van der Waals surface area contributed by atoms with Crippen molar-refractivity contribution in [2.24, 2.45) is 0 Å². The highest BCUT2D eigenvalue weighted by molar-refractivity contribution is 9.10. The number of carbonyl (C=O) groups is 1. The van der Waals surface area contributed by atoms with Gasteiger partial charge < -0.3 is 5.11 Å². The van der Waals surface area contributed by atoms with Crippen LogP contribution in [0.25, 0.3) is 0 Å². The van der Waals surface area contributed by atoms with E-state index in [-0.39, 0.29) is 9.50 Å². The topological polar surface area (TPSA) is 50.2 Å². The van der Waals surface area contributed by atoms with Crippen LogP contribution in [-0.4, -0.2) is 21.3 Å². The Bertz CT molecular complexity index is 439. The van der Waals surface area contributed by atoms with Crippen LogP contribution in [0.3, 0.4) is 0 Å². The summed E-state index contributed by atoms with van der Waals surface area (Å²) in [4.78, 5) is 14.2. The van der Waals surface area contributed by atoms with Crippen LogP contribution in [0.2, 0.25) is 0 Å². The Morgan fingerprint density at radius 3 is 2.65 bits per heavy atom. The van der Waals surface area contributed by atoms with Crippen molar-refractivity contribution in [2.45, 2.75) is 23.4 Å². The second-order valence-electron chi connectivity index (χ2n) is 3.10. The highest BCUT2D eigenvalue weighted by Crippen LogP contribution is 2.38. The molecule has 0 amide bonds. The molecule has 1 rings (SSSR count). The summed E-state index contributed by atoms with van der Waals surface area (Å²) in [6.07, 6.45) is -3.36. The molecule has 0 saturated carbocycles. The van der Waals surface area contributed by atoms with E-state index in [2.05, 4.69) is 20.9 Å². The van der Waals surface area contributed by atoms with Crippen molar-refractivity contribution >= 4 is 33.7 Å². The summed E-state index contributed by atoms with van der Waals surface area (Å²) in [5.41, 5.74) is -0.940. The average molecular weight is 330 g/mol. The molecule has 1 heterocycles. The maximum absolute atomic E-state index is 12.7. The minimum atomic E-state index is -4.56. The van der Waals surface area contributed by atoms with Crippen molar-refractivity contribution in [3.8, 4) is 0 Å². The van der Waals surface area contributed by atoms with E-state index >= 15 is 0 Å². The molecule has 0 saturated heterocycles. The SMILES string of the molecule is CC(Sc1ncc(Br)cc1C(F)(F)F)C(=O)O. The van der Waals surface area contributed by atoms with E-state index in [0.717, 1.165) is 6.07 Å². The van der Waals surface area contributed by atoms with Crippen LogP contribution < -0.4 is 0 Å². The molecule has 1 aromatic rings. The molecule has 1 atom stereocenters. The van der Waals surface area contributed by atoms with Crippen LogP contribution in [0.5, 0.6) is 0 Å². The third-order valence-corrected chi connectivity index (χ3v) is 3.30. The van der Waals surface area contributed by atoms with E-state index in [9.17, 15) is 18.0 Å². The first-order valence-electron chi connectivity index (χ1n) is 4.34. The lowest BCUT2D eigenvalue weighted by atomic mass is 10.3. The van der Waals surface area contributed by atoms with E-state index in [1.807, 2.05) is 0 Å². The fourth-order valence-electron chi connectivity index (χ4n) is 0.942. The Hall–Kier alpha value is -0.760. The number of hydrogen-bond acceptors (Lipinski definition) is 3. The Kier molecular flexibility index (Phi) is 4.42. The van der Waals surface area contributed by atoms with E-state index in [1.165, 1.54) is 13.1 Å². The van der Waals surface area contributed by atoms with Gasteiger partial charge >= 0.3 is 12.1 Å². The fraction of sp³-hybridized carbons (Fsp3) is 0.333. The number of halogens is 4. The number of carboxylic acid groups (broad SMARTS) is 1. The Labute approximate surface area is 108 Å². The average Bonchev–Trinajstić information content (AvgIpc) is 2.18. The lowest BCUT2D eigenvalue weighted by Gasteiger charge is -2.13. The van der Waals surface area contributed by atoms with Gasteiger partial charge in [0.05, 0.1) is 5.56 Å². The standard InChI is InChI=1S/C9H7BrF3NO2S/c1-4(8(15)16)17-7-6(9(11,12)13)2-5(10)3-14-7/h2-4H,1H3,(H,15,16). The molecule has 94 valence electrons. The lowest BCUT2D eigenvalue weighted by Crippen LogP contribution is -2.14. The quantitative estimate of drug-likeness (QED) is 0.863. The smallest absolute Gasteiger partial charge is 0.419 e. The molecule has 0 fully saturated rings. The zero-order chi connectivity index (χ0) is 13.2. The second-order valence-corrected chi connectivity index (χ2v) is 5.35. The van der Waals surface area contributed by atoms with Gasteiger partial charge in [0.2, 0.25) is 0 Å². The van der Waals surface area contributed by atoms with Gasteiger partial charge in [-0.05, 0) is 28.9 Å². The molecule has 0 aliphatic rings. The first-order valence-corrected chi connectivity index (χ1v) is 6.01. The van der Waals surface area contributed by atoms with E-state index in [4.69, 9.17) is 5.11 Å². The second kappa shape index (κ2) is 5.26. The third-order valence-electron chi connectivity index (χ3n) is 1.76. The number of hydrogen-bond donors (Lipinski definition) is 1. The van der Waals surface area contributed by atoms with Gasteiger partial charge in [0, 0.05) is 10.7 Å². The summed E-state index contributed by atoms with van der Waals surface area (Å²) in [6, 6.07) is 0.879. The van der Waals surface area contributed by atoms with Crippen molar-refractivity contribution in [3.05, 3.63) is 22.3 Å². The summed E-state index contributed by atoms with van der Waals surface area (Å²) in [6.45, 7) is 1.30. The van der Waals surface area contributed by atoms with Crippen LogP contribution in [0.15, 0.2) is 21.8 Å². The van der Waals surface area contributed by atoms with Gasteiger partial charge in [-0.25, -0.2) is 4.98 Å². The van der Waals surface area contributed by atoms with Crippen molar-refractivity contribution in [2.75, 3.05) is 0 Å². The Morgan fingerprint density at radius 2 is 2.18 bits per heavy atom. The molecule has 1 aromatic heterocycles. The maximum Gasteiger partial charge on any atom is 0.419 e. The van der Waals surface area contributed by atoms with Gasteiger partial charge in [-0.2, -0.15) is 13.2 Å². The van der Waals surface area contributed by atoms with E-state index < -0.39 is 23.0 Å². The molecule has 0 aliphatic heterocycles. The van der Waals surface area contributed by atoms with Crippen LogP contribution in [0.4, 0.5) is 13.2 Å². The molecule has 0 radical (unpaired) electrons. The zero-order valence-electron chi connectivity index (χ0n) is 8.45. The number of thioether (sulfide) groups is 1. The molecular formula is C9H7BrF3NO2S. The van der Waals surface area contributed by atoms with E-state index in [0.29, 0.717) is 11.8 Å². The highest BCUT2D eigenvalue weighted by Gasteiger charge is 2.35. The van der Waals surface area contributed by atoms with Crippen molar-refractivity contribution in [3.63, 3.8) is 0 Å². The summed E-state index contributed by atoms with van der Waals surface area (Å²) in [5.74, 6) is -1.19. The van der Waals surface area contributed by atoms with Crippen molar-refractivity contribution < 1.29 is 23.1 Å². The number of carboxylic acids is 1. The molecule has 0 aromatic carbocycles. The first kappa shape index (κ1) is 14.3. The summed E-state index contributed by atoms with van der Waals surface area (Å²) in [5, 5.41) is 7.32. The minimum absolute atomic E-state index is 0.192. The van der Waals surface area contributed by atoms with Crippen molar-refractivity contribution in [1.29, 1.82) is 0 Å². The predicted molar refractivity (Wildman–Crippen MR) is 59.9 cm³/mol. The monoisotopic (exact) mass is 329 g/mol. The van der Waals surface area contributed by atoms with Crippen LogP contribution in [0, 0.1) is 0 Å². The minimum Gasteiger partial charge on any atom is -0.480 e. The molecule has 1 N–H and O–H groups in total. The van der Waals surface area contributed by atoms with Gasteiger partial charge in [-0.15, -0.1) is 0 Å². The van der Waals surface area contributed by atoms with Gasteiger partial charge in [0.15, 0.2) is 0 Å². The van der Waals surface area contributed by atoms with Gasteiger partial charge in [-0.3, -0.25) is 4.79 Å². The predicted octanol–water partition coefficient (Wildman–Crippen LogP) is 3.43. The fourth-order valence-corrected chi connectivity index (χ4v) is 2.12. The maximum atomic E-state index is 12.7. The van der Waals surface area contributed by atoms with Crippen LogP contribution in [0.1, 0.15) is 12.5 Å². The Balaban J connectivity index is 3.11. The third kappa shape index (κ3) is 3.88. The molecule has 17 heavy (non-hydrogen) atoms. The number of pyridine rings is 1. The zero-order valence-corrected chi connectivity index (χ0v) is 10.9. The summed E-state index contributed by atoms with van der Waals surface area (Å²) in [7, 11) is 0. The van der Waals surface area contributed by atoms with E-state index in [1.54, 1.807) is 0 Å². The molecule has 3 nitrogen and oxygen atoms in total. The summed E-state index contributed by atoms with van der Waals surface area (Å²) < 4.78 is 38.2. The van der Waals surface area contributed by atoms with Gasteiger partial charge in [-0.1, -0.05) is 11.8 Å². The molecule has 8 heteroatoms.